The first kappa shape index (κ1) is 69.1. The van der Waals surface area contributed by atoms with E-state index in [1.54, 1.807) is 0 Å². The highest BCUT2D eigenvalue weighted by Crippen LogP contribution is 2.47. The lowest BCUT2D eigenvalue weighted by Crippen LogP contribution is -2.29. The normalized spacial score (nSPS) is 12.3. The maximum atomic E-state index is 12.2. The third kappa shape index (κ3) is 21.7. The van der Waals surface area contributed by atoms with E-state index >= 15 is 0 Å². The minimum absolute atomic E-state index is 0.0128. The predicted octanol–water partition coefficient (Wildman–Crippen LogP) is 10.0. The van der Waals surface area contributed by atoms with Gasteiger partial charge in [0.2, 0.25) is 5.91 Å². The van der Waals surface area contributed by atoms with E-state index in [4.69, 9.17) is 47.7 Å². The first-order chi connectivity index (χ1) is 44.0. The van der Waals surface area contributed by atoms with Crippen LogP contribution in [0.3, 0.4) is 0 Å². The number of carboxylic acids is 1. The number of aliphatic carboxylic acids is 1. The van der Waals surface area contributed by atoms with Crippen LogP contribution in [0.2, 0.25) is 0 Å². The highest BCUT2D eigenvalue weighted by molar-refractivity contribution is 5.83. The van der Waals surface area contributed by atoms with Crippen LogP contribution in [-0.4, -0.2) is 160 Å². The first-order valence-electron chi connectivity index (χ1n) is 30.5. The summed E-state index contributed by atoms with van der Waals surface area (Å²) < 4.78 is 47.0. The van der Waals surface area contributed by atoms with Gasteiger partial charge in [0.15, 0.2) is 11.6 Å². The molecule has 3 aliphatic carbocycles. The van der Waals surface area contributed by atoms with Gasteiger partial charge in [-0.05, 0) is 92.4 Å². The monoisotopic (exact) mass is 1230 g/mol. The molecule has 0 atom stereocenters. The number of alkyl carbamates (subject to hydrolysis) is 1. The van der Waals surface area contributed by atoms with Crippen LogP contribution in [0, 0.1) is 0 Å². The standard InChI is InChI=1S/C28H35NO7.C22H24O6.C21H23NO4/c1-33-18-21(30)8-6-14-29-27(31)20-35-17-16-34-15-7-13-28(32)36-19-26-24-11-4-2-9-22(24)23-10-3-5-12-25(23)26;23-21(24)15-27-13-12-26-11-5-10-22(25)28-14-20-18-8-3-1-6-16(18)17-7-2-4-9-19(17)20;1-25-13-15(23)7-6-12-22-21(24)26-14-20-18-10-4-2-8-16(18)17-9-3-5-11-19(17)20/h2-5,9-12,26H,6-8,13-20H2,1H3,(H,29,31);1-4,6-9,20H,5,10-15H2,(H,23,24);2-5,8-11,20H,6-7,12-14H2,1H3,(H,22,24). The number of esters is 2. The van der Waals surface area contributed by atoms with Gasteiger partial charge in [0.25, 0.3) is 0 Å². The highest BCUT2D eigenvalue weighted by Gasteiger charge is 2.32. The van der Waals surface area contributed by atoms with Gasteiger partial charge in [0.05, 0.1) is 26.4 Å². The van der Waals surface area contributed by atoms with Crippen molar-refractivity contribution in [2.75, 3.05) is 113 Å². The molecule has 0 aliphatic heterocycles. The van der Waals surface area contributed by atoms with Gasteiger partial charge in [0, 0.05) is 84.0 Å². The van der Waals surface area contributed by atoms with Crippen molar-refractivity contribution in [1.29, 1.82) is 0 Å². The third-order valence-electron chi connectivity index (χ3n) is 15.1. The number of hydrogen-bond donors (Lipinski definition) is 3. The SMILES string of the molecule is COCC(=O)CCCNC(=O)COCCOCCCC(=O)OCC1c2ccccc2-c2ccccc21.COCC(=O)CCCNC(=O)OCC1c2ccccc2-c2ccccc21.O=C(O)COCCOCCCC(=O)OCC1c2ccccc2-c2ccccc21. The van der Waals surface area contributed by atoms with Gasteiger partial charge in [-0.2, -0.15) is 0 Å². The fourth-order valence-corrected chi connectivity index (χ4v) is 10.9. The minimum atomic E-state index is -1.00. The number of Topliss-reactive ketones (excluding diaryl/α,β-unsaturated/α-hetero) is 2. The van der Waals surface area contributed by atoms with E-state index in [0.717, 1.165) is 0 Å². The Bertz CT molecular complexity index is 3160. The Labute approximate surface area is 526 Å². The van der Waals surface area contributed by atoms with Crippen molar-refractivity contribution in [3.63, 3.8) is 0 Å². The Kier molecular flexibility index (Phi) is 29.3. The lowest BCUT2D eigenvalue weighted by atomic mass is 9.98. The number of carboxylic acid groups (broad SMARTS) is 1. The van der Waals surface area contributed by atoms with Gasteiger partial charge < -0.3 is 58.4 Å². The summed E-state index contributed by atoms with van der Waals surface area (Å²) >= 11 is 0. The van der Waals surface area contributed by atoms with E-state index in [0.29, 0.717) is 97.9 Å². The van der Waals surface area contributed by atoms with Crippen LogP contribution in [0.5, 0.6) is 0 Å². The molecule has 0 heterocycles. The van der Waals surface area contributed by atoms with Crippen LogP contribution in [0.4, 0.5) is 4.79 Å². The van der Waals surface area contributed by atoms with Crippen molar-refractivity contribution in [3.8, 4) is 33.4 Å². The smallest absolute Gasteiger partial charge is 0.407 e. The molecular formula is C71H82N2O17. The predicted molar refractivity (Wildman–Crippen MR) is 337 cm³/mol. The van der Waals surface area contributed by atoms with E-state index in [1.807, 2.05) is 72.8 Å². The summed E-state index contributed by atoms with van der Waals surface area (Å²) in [4.78, 5) is 80.9. The maximum Gasteiger partial charge on any atom is 0.407 e. The molecule has 19 heteroatoms. The topological polar surface area (TPSA) is 247 Å². The molecule has 0 unspecified atom stereocenters. The molecule has 6 aromatic rings. The van der Waals surface area contributed by atoms with Gasteiger partial charge in [-0.15, -0.1) is 0 Å². The number of benzene rings is 6. The molecule has 9 rings (SSSR count). The number of ether oxygens (including phenoxy) is 9. The fourth-order valence-electron chi connectivity index (χ4n) is 10.9. The zero-order valence-electron chi connectivity index (χ0n) is 51.3. The van der Waals surface area contributed by atoms with Crippen LogP contribution in [0.1, 0.15) is 103 Å². The molecule has 6 aromatic carbocycles. The third-order valence-corrected chi connectivity index (χ3v) is 15.1. The first-order valence-corrected chi connectivity index (χ1v) is 30.5. The Morgan fingerprint density at radius 3 is 1.04 bits per heavy atom. The molecule has 19 nitrogen and oxygen atoms in total. The van der Waals surface area contributed by atoms with E-state index < -0.39 is 12.1 Å². The Hall–Kier alpha value is -8.43. The van der Waals surface area contributed by atoms with E-state index in [2.05, 4.69) is 83.4 Å². The molecular weight excluding hydrogens is 1150 g/mol. The molecule has 3 aliphatic rings. The summed E-state index contributed by atoms with van der Waals surface area (Å²) in [5, 5.41) is 13.8. The molecule has 0 saturated heterocycles. The summed E-state index contributed by atoms with van der Waals surface area (Å²) in [6.45, 7) is 3.56. The quantitative estimate of drug-likeness (QED) is 0.0188. The van der Waals surface area contributed by atoms with E-state index in [-0.39, 0.29) is 99.6 Å². The van der Waals surface area contributed by atoms with Crippen molar-refractivity contribution in [2.24, 2.45) is 0 Å². The second kappa shape index (κ2) is 38.2. The van der Waals surface area contributed by atoms with Gasteiger partial charge >= 0.3 is 24.0 Å². The van der Waals surface area contributed by atoms with Crippen LogP contribution in [0.25, 0.3) is 33.4 Å². The summed E-state index contributed by atoms with van der Waals surface area (Å²) in [7, 11) is 2.97. The van der Waals surface area contributed by atoms with Crippen molar-refractivity contribution in [3.05, 3.63) is 179 Å². The molecule has 0 radical (unpaired) electrons. The van der Waals surface area contributed by atoms with Crippen LogP contribution in [0.15, 0.2) is 146 Å². The van der Waals surface area contributed by atoms with Gasteiger partial charge in [-0.3, -0.25) is 24.0 Å². The van der Waals surface area contributed by atoms with E-state index in [1.165, 1.54) is 81.0 Å². The molecule has 2 amide bonds. The number of carbonyl (C=O) groups is 7. The maximum absolute atomic E-state index is 12.2. The highest BCUT2D eigenvalue weighted by atomic mass is 16.6. The van der Waals surface area contributed by atoms with Crippen LogP contribution < -0.4 is 10.6 Å². The van der Waals surface area contributed by atoms with Crippen LogP contribution in [-0.2, 0) is 71.4 Å². The van der Waals surface area contributed by atoms with Crippen molar-refractivity contribution >= 4 is 41.5 Å². The van der Waals surface area contributed by atoms with Crippen LogP contribution >= 0.6 is 0 Å². The molecule has 0 fully saturated rings. The number of nitrogens with one attached hydrogen (secondary N) is 2. The summed E-state index contributed by atoms with van der Waals surface area (Å²) in [6.07, 6.45) is 3.13. The summed E-state index contributed by atoms with van der Waals surface area (Å²) in [5.41, 5.74) is 14.4. The summed E-state index contributed by atoms with van der Waals surface area (Å²) in [5.74, 6) is -1.49. The second-order valence-electron chi connectivity index (χ2n) is 21.5. The van der Waals surface area contributed by atoms with Gasteiger partial charge in [-0.25, -0.2) is 9.59 Å². The number of methoxy groups -OCH3 is 2. The average molecular weight is 1240 g/mol. The molecule has 0 bridgehead atoms. The second-order valence-corrected chi connectivity index (χ2v) is 21.5. The number of carbonyl (C=O) groups excluding carboxylic acids is 6. The number of rotatable bonds is 36. The lowest BCUT2D eigenvalue weighted by molar-refractivity contribution is -0.145. The Morgan fingerprint density at radius 1 is 0.367 bits per heavy atom. The fraction of sp³-hybridized carbons (Fsp3) is 0.394. The average Bonchev–Trinajstić information content (AvgIpc) is 1.77. The molecule has 90 heavy (non-hydrogen) atoms. The molecule has 478 valence electrons. The van der Waals surface area contributed by atoms with E-state index in [9.17, 15) is 33.6 Å². The van der Waals surface area contributed by atoms with Gasteiger partial charge in [0.1, 0.15) is 46.2 Å². The van der Waals surface area contributed by atoms with Gasteiger partial charge in [-0.1, -0.05) is 146 Å². The zero-order chi connectivity index (χ0) is 63.7. The molecule has 3 N–H and O–H groups in total. The number of fused-ring (bicyclic) bond motifs is 9. The summed E-state index contributed by atoms with van der Waals surface area (Å²) in [6, 6.07) is 49.4. The Balaban J connectivity index is 0.000000195. The number of hydrogen-bond acceptors (Lipinski definition) is 16. The molecule has 0 aromatic heterocycles. The largest absolute Gasteiger partial charge is 0.480 e. The number of amides is 2. The number of ketones is 2. The van der Waals surface area contributed by atoms with Crippen molar-refractivity contribution < 1.29 is 81.3 Å². The Morgan fingerprint density at radius 2 is 0.689 bits per heavy atom. The van der Waals surface area contributed by atoms with Crippen molar-refractivity contribution in [2.45, 2.75) is 69.1 Å². The minimum Gasteiger partial charge on any atom is -0.480 e. The van der Waals surface area contributed by atoms with Crippen molar-refractivity contribution in [1.82, 2.24) is 10.6 Å². The molecule has 0 saturated carbocycles. The lowest BCUT2D eigenvalue weighted by Gasteiger charge is -2.14. The molecule has 0 spiro atoms. The zero-order valence-corrected chi connectivity index (χ0v) is 51.3.